The monoisotopic (exact) mass is 562 g/mol. The molecule has 6 fully saturated rings. The van der Waals surface area contributed by atoms with Gasteiger partial charge in [-0.05, 0) is 111 Å². The summed E-state index contributed by atoms with van der Waals surface area (Å²) in [6, 6.07) is 0. The van der Waals surface area contributed by atoms with Crippen molar-refractivity contribution in [3.8, 4) is 0 Å². The molecule has 1 saturated heterocycles. The molecule has 0 aromatic rings. The van der Waals surface area contributed by atoms with Crippen LogP contribution in [0.15, 0.2) is 0 Å². The van der Waals surface area contributed by atoms with Crippen LogP contribution < -0.4 is 0 Å². The van der Waals surface area contributed by atoms with Gasteiger partial charge in [0.1, 0.15) is 11.2 Å². The molecule has 9 heteroatoms. The molecule has 0 radical (unpaired) electrons. The fourth-order valence-electron chi connectivity index (χ4n) is 8.68. The molecule has 6 rings (SSSR count). The summed E-state index contributed by atoms with van der Waals surface area (Å²) in [5, 5.41) is 11.2. The lowest BCUT2D eigenvalue weighted by atomic mass is 9.51. The lowest BCUT2D eigenvalue weighted by Crippen LogP contribution is -2.64. The second kappa shape index (κ2) is 9.43. The number of cyclic esters (lactones) is 1. The molecule has 1 aliphatic heterocycles. The standard InChI is InChI=1S/C31H46O9/c1-26(2,23(33)39-28(5)10-7-8-11-28)29(6,25(35)38-21-9-12-37-22(21)32)27(3,4)24(34)40-31-16-19-13-20(17-31)15-30(36,14-19)18-31/h19-21,36H,7-18H2,1-6H3. The van der Waals surface area contributed by atoms with Gasteiger partial charge in [-0.25, -0.2) is 4.79 Å². The van der Waals surface area contributed by atoms with Crippen molar-refractivity contribution in [2.75, 3.05) is 6.61 Å². The summed E-state index contributed by atoms with van der Waals surface area (Å²) in [5.74, 6) is -2.12. The van der Waals surface area contributed by atoms with Crippen molar-refractivity contribution in [1.29, 1.82) is 0 Å². The van der Waals surface area contributed by atoms with Crippen molar-refractivity contribution in [1.82, 2.24) is 0 Å². The Morgan fingerprint density at radius 2 is 1.43 bits per heavy atom. The van der Waals surface area contributed by atoms with Gasteiger partial charge in [-0.3, -0.25) is 14.4 Å². The first-order valence-corrected chi connectivity index (χ1v) is 15.0. The first-order chi connectivity index (χ1) is 18.4. The van der Waals surface area contributed by atoms with Crippen molar-refractivity contribution in [3.63, 3.8) is 0 Å². The quantitative estimate of drug-likeness (QED) is 0.338. The average Bonchev–Trinajstić information content (AvgIpc) is 3.43. The van der Waals surface area contributed by atoms with E-state index in [1.807, 2.05) is 6.92 Å². The summed E-state index contributed by atoms with van der Waals surface area (Å²) in [5.41, 5.74) is -7.13. The molecule has 224 valence electrons. The molecular weight excluding hydrogens is 516 g/mol. The molecule has 1 heterocycles. The van der Waals surface area contributed by atoms with Gasteiger partial charge in [-0.15, -0.1) is 0 Å². The molecular formula is C31H46O9. The lowest BCUT2D eigenvalue weighted by molar-refractivity contribution is -0.235. The van der Waals surface area contributed by atoms with Crippen LogP contribution in [0.2, 0.25) is 0 Å². The highest BCUT2D eigenvalue weighted by Gasteiger charge is 2.68. The van der Waals surface area contributed by atoms with E-state index >= 15 is 0 Å². The van der Waals surface area contributed by atoms with E-state index in [9.17, 15) is 24.3 Å². The van der Waals surface area contributed by atoms with Gasteiger partial charge in [0.25, 0.3) is 0 Å². The van der Waals surface area contributed by atoms with E-state index < -0.39 is 63.0 Å². The second-order valence-electron chi connectivity index (χ2n) is 15.0. The first-order valence-electron chi connectivity index (χ1n) is 15.0. The maximum atomic E-state index is 14.2. The van der Waals surface area contributed by atoms with Crippen LogP contribution in [0.1, 0.15) is 112 Å². The van der Waals surface area contributed by atoms with Crippen LogP contribution in [0.3, 0.4) is 0 Å². The van der Waals surface area contributed by atoms with Gasteiger partial charge in [0.05, 0.1) is 28.5 Å². The maximum absolute atomic E-state index is 14.2. The molecule has 4 unspecified atom stereocenters. The van der Waals surface area contributed by atoms with Gasteiger partial charge in [-0.2, -0.15) is 0 Å². The Morgan fingerprint density at radius 3 is 1.93 bits per heavy atom. The van der Waals surface area contributed by atoms with Gasteiger partial charge in [0.15, 0.2) is 0 Å². The maximum Gasteiger partial charge on any atom is 0.347 e. The number of esters is 4. The van der Waals surface area contributed by atoms with E-state index in [2.05, 4.69) is 0 Å². The summed E-state index contributed by atoms with van der Waals surface area (Å²) < 4.78 is 23.1. The minimum Gasteiger partial charge on any atom is -0.463 e. The summed E-state index contributed by atoms with van der Waals surface area (Å²) in [4.78, 5) is 54.5. The highest BCUT2D eigenvalue weighted by molar-refractivity contribution is 5.95. The van der Waals surface area contributed by atoms with Crippen LogP contribution in [0.5, 0.6) is 0 Å². The van der Waals surface area contributed by atoms with E-state index in [-0.39, 0.29) is 13.0 Å². The van der Waals surface area contributed by atoms with Crippen LogP contribution in [-0.2, 0) is 38.1 Å². The molecule has 5 saturated carbocycles. The van der Waals surface area contributed by atoms with Crippen molar-refractivity contribution in [2.45, 2.75) is 135 Å². The summed E-state index contributed by atoms with van der Waals surface area (Å²) in [7, 11) is 0. The van der Waals surface area contributed by atoms with Crippen LogP contribution in [0, 0.1) is 28.1 Å². The lowest BCUT2D eigenvalue weighted by Gasteiger charge is -2.60. The van der Waals surface area contributed by atoms with E-state index in [1.54, 1.807) is 34.6 Å². The topological polar surface area (TPSA) is 125 Å². The molecule has 5 aliphatic carbocycles. The zero-order valence-corrected chi connectivity index (χ0v) is 24.9. The largest absolute Gasteiger partial charge is 0.463 e. The highest BCUT2D eigenvalue weighted by Crippen LogP contribution is 2.61. The van der Waals surface area contributed by atoms with Gasteiger partial charge in [0, 0.05) is 12.8 Å². The predicted octanol–water partition coefficient (Wildman–Crippen LogP) is 4.41. The Morgan fingerprint density at radius 1 is 0.875 bits per heavy atom. The molecule has 4 bridgehead atoms. The Balaban J connectivity index is 1.46. The van der Waals surface area contributed by atoms with E-state index in [0.717, 1.165) is 44.9 Å². The third-order valence-electron chi connectivity index (χ3n) is 11.4. The Hall–Kier alpha value is -2.16. The van der Waals surface area contributed by atoms with Gasteiger partial charge < -0.3 is 24.1 Å². The van der Waals surface area contributed by atoms with Crippen molar-refractivity contribution in [2.24, 2.45) is 28.1 Å². The molecule has 4 atom stereocenters. The van der Waals surface area contributed by atoms with Crippen LogP contribution in [0.25, 0.3) is 0 Å². The Labute approximate surface area is 237 Å². The number of aliphatic hydroxyl groups is 1. The zero-order chi connectivity index (χ0) is 29.4. The fourth-order valence-corrected chi connectivity index (χ4v) is 8.68. The van der Waals surface area contributed by atoms with Crippen molar-refractivity contribution in [3.05, 3.63) is 0 Å². The molecule has 0 aromatic heterocycles. The minimum absolute atomic E-state index is 0.135. The van der Waals surface area contributed by atoms with Crippen LogP contribution in [0.4, 0.5) is 0 Å². The number of hydrogen-bond donors (Lipinski definition) is 1. The number of hydrogen-bond acceptors (Lipinski definition) is 9. The van der Waals surface area contributed by atoms with Crippen LogP contribution in [-0.4, -0.2) is 58.5 Å². The Bertz CT molecular complexity index is 1070. The number of carbonyl (C=O) groups excluding carboxylic acids is 4. The number of carbonyl (C=O) groups is 4. The van der Waals surface area contributed by atoms with Crippen molar-refractivity contribution >= 4 is 23.9 Å². The highest BCUT2D eigenvalue weighted by atomic mass is 16.6. The van der Waals surface area contributed by atoms with Gasteiger partial charge in [-0.1, -0.05) is 0 Å². The zero-order valence-electron chi connectivity index (χ0n) is 24.9. The summed E-state index contributed by atoms with van der Waals surface area (Å²) >= 11 is 0. The fraction of sp³-hybridized carbons (Fsp3) is 0.871. The van der Waals surface area contributed by atoms with E-state index in [4.69, 9.17) is 18.9 Å². The third kappa shape index (κ3) is 4.64. The average molecular weight is 563 g/mol. The van der Waals surface area contributed by atoms with Crippen LogP contribution >= 0.6 is 0 Å². The number of rotatable bonds is 8. The summed E-state index contributed by atoms with van der Waals surface area (Å²) in [6.07, 6.45) is 6.69. The number of ether oxygens (including phenoxy) is 4. The molecule has 40 heavy (non-hydrogen) atoms. The predicted molar refractivity (Wildman–Crippen MR) is 143 cm³/mol. The molecule has 6 aliphatic rings. The molecule has 0 aromatic carbocycles. The van der Waals surface area contributed by atoms with Crippen molar-refractivity contribution < 1.29 is 43.2 Å². The minimum atomic E-state index is -1.77. The normalized spacial score (nSPS) is 36.1. The molecule has 0 amide bonds. The third-order valence-corrected chi connectivity index (χ3v) is 11.4. The Kier molecular flexibility index (Phi) is 6.92. The SMILES string of the molecule is CC1(OC(=O)C(C)(C)C(C)(C(=O)OC2CCOC2=O)C(C)(C)C(=O)OC23CC4CC(CC(O)(C4)C2)C3)CCCC1. The molecule has 9 nitrogen and oxygen atoms in total. The smallest absolute Gasteiger partial charge is 0.347 e. The summed E-state index contributed by atoms with van der Waals surface area (Å²) in [6.45, 7) is 9.99. The molecule has 0 spiro atoms. The first kappa shape index (κ1) is 29.3. The van der Waals surface area contributed by atoms with E-state index in [1.165, 1.54) is 0 Å². The van der Waals surface area contributed by atoms with Gasteiger partial charge >= 0.3 is 23.9 Å². The second-order valence-corrected chi connectivity index (χ2v) is 15.0. The van der Waals surface area contributed by atoms with E-state index in [0.29, 0.717) is 31.1 Å². The van der Waals surface area contributed by atoms with Gasteiger partial charge in [0.2, 0.25) is 6.10 Å². The molecule has 1 N–H and O–H groups in total.